The summed E-state index contributed by atoms with van der Waals surface area (Å²) in [5, 5.41) is 4.07. The lowest BCUT2D eigenvalue weighted by atomic mass is 10.1. The normalized spacial score (nSPS) is 22.1. The van der Waals surface area contributed by atoms with Crippen LogP contribution in [-0.2, 0) is 9.84 Å². The van der Waals surface area contributed by atoms with Gasteiger partial charge in [0.1, 0.15) is 5.75 Å². The Hall–Kier alpha value is -0.780. The van der Waals surface area contributed by atoms with Crippen LogP contribution in [0.4, 0.5) is 0 Å². The van der Waals surface area contributed by atoms with E-state index in [-0.39, 0.29) is 12.0 Å². The Morgan fingerprint density at radius 3 is 2.86 bits per heavy atom. The molecule has 1 N–H and O–H groups in total. The van der Waals surface area contributed by atoms with Gasteiger partial charge in [-0.15, -0.1) is 0 Å². The fourth-order valence-electron chi connectivity index (χ4n) is 2.63. The zero-order valence-electron chi connectivity index (χ0n) is 12.4. The minimum Gasteiger partial charge on any atom is -0.494 e. The highest BCUT2D eigenvalue weighted by atomic mass is 35.5. The zero-order valence-corrected chi connectivity index (χ0v) is 14.0. The smallest absolute Gasteiger partial charge is 0.150 e. The Bertz CT molecular complexity index is 589. The topological polar surface area (TPSA) is 55.4 Å². The van der Waals surface area contributed by atoms with Crippen molar-refractivity contribution in [2.45, 2.75) is 26.3 Å². The van der Waals surface area contributed by atoms with Gasteiger partial charge in [-0.25, -0.2) is 8.42 Å². The predicted molar refractivity (Wildman–Crippen MR) is 85.8 cm³/mol. The van der Waals surface area contributed by atoms with Gasteiger partial charge in [0.2, 0.25) is 0 Å². The molecule has 1 aromatic carbocycles. The van der Waals surface area contributed by atoms with E-state index in [0.29, 0.717) is 29.7 Å². The lowest BCUT2D eigenvalue weighted by Crippen LogP contribution is -2.26. The third kappa shape index (κ3) is 4.59. The molecular formula is C15H22ClNO3S. The number of sulfone groups is 1. The van der Waals surface area contributed by atoms with E-state index in [4.69, 9.17) is 16.3 Å². The Morgan fingerprint density at radius 1 is 1.48 bits per heavy atom. The predicted octanol–water partition coefficient (Wildman–Crippen LogP) is 2.82. The van der Waals surface area contributed by atoms with E-state index in [1.54, 1.807) is 0 Å². The van der Waals surface area contributed by atoms with Gasteiger partial charge in [0, 0.05) is 16.6 Å². The maximum absolute atomic E-state index is 11.5. The van der Waals surface area contributed by atoms with Gasteiger partial charge in [0.05, 0.1) is 18.1 Å². The van der Waals surface area contributed by atoms with Crippen molar-refractivity contribution in [3.05, 3.63) is 28.8 Å². The van der Waals surface area contributed by atoms with Crippen LogP contribution in [0.3, 0.4) is 0 Å². The van der Waals surface area contributed by atoms with Crippen LogP contribution in [0.15, 0.2) is 18.2 Å². The van der Waals surface area contributed by atoms with Crippen molar-refractivity contribution in [3.63, 3.8) is 0 Å². The summed E-state index contributed by atoms with van der Waals surface area (Å²) in [5.74, 6) is 1.63. The molecule has 0 spiro atoms. The van der Waals surface area contributed by atoms with Crippen molar-refractivity contribution < 1.29 is 13.2 Å². The molecule has 0 radical (unpaired) electrons. The first-order chi connectivity index (χ1) is 9.91. The largest absolute Gasteiger partial charge is 0.494 e. The first-order valence-electron chi connectivity index (χ1n) is 7.27. The fourth-order valence-corrected chi connectivity index (χ4v) is 4.67. The molecule has 1 aromatic rings. The van der Waals surface area contributed by atoms with E-state index < -0.39 is 9.84 Å². The van der Waals surface area contributed by atoms with Crippen molar-refractivity contribution in [2.75, 3.05) is 24.7 Å². The number of nitrogens with one attached hydrogen (secondary N) is 1. The summed E-state index contributed by atoms with van der Waals surface area (Å²) >= 11 is 6.06. The molecule has 1 aliphatic rings. The summed E-state index contributed by atoms with van der Waals surface area (Å²) in [7, 11) is -2.82. The van der Waals surface area contributed by atoms with Crippen LogP contribution in [-0.4, -0.2) is 33.1 Å². The third-order valence-corrected chi connectivity index (χ3v) is 5.85. The van der Waals surface area contributed by atoms with Gasteiger partial charge < -0.3 is 10.1 Å². The van der Waals surface area contributed by atoms with Crippen molar-refractivity contribution in [1.29, 1.82) is 0 Å². The number of benzene rings is 1. The van der Waals surface area contributed by atoms with E-state index >= 15 is 0 Å². The van der Waals surface area contributed by atoms with Gasteiger partial charge in [-0.05, 0) is 50.9 Å². The molecule has 0 amide bonds. The molecule has 0 aliphatic carbocycles. The monoisotopic (exact) mass is 331 g/mol. The second-order valence-electron chi connectivity index (χ2n) is 5.51. The van der Waals surface area contributed by atoms with Crippen LogP contribution in [0.25, 0.3) is 0 Å². The van der Waals surface area contributed by atoms with Crippen molar-refractivity contribution in [1.82, 2.24) is 5.32 Å². The second kappa shape index (κ2) is 6.99. The van der Waals surface area contributed by atoms with Gasteiger partial charge in [-0.2, -0.15) is 0 Å². The Balaban J connectivity index is 2.00. The fraction of sp³-hybridized carbons (Fsp3) is 0.600. The average Bonchev–Trinajstić information content (AvgIpc) is 2.78. The summed E-state index contributed by atoms with van der Waals surface area (Å²) < 4.78 is 28.6. The molecule has 0 bridgehead atoms. The molecule has 2 rings (SSSR count). The SMILES string of the molecule is CCOc1ccc(Cl)cc1[C@H](C)NC[C@@H]1CCS(=O)(=O)C1. The van der Waals surface area contributed by atoms with Gasteiger partial charge in [0.15, 0.2) is 9.84 Å². The summed E-state index contributed by atoms with van der Waals surface area (Å²) in [6, 6.07) is 5.65. The van der Waals surface area contributed by atoms with Crippen molar-refractivity contribution in [3.8, 4) is 5.75 Å². The first kappa shape index (κ1) is 16.6. The molecule has 1 saturated heterocycles. The quantitative estimate of drug-likeness (QED) is 0.871. The number of halogens is 1. The summed E-state index contributed by atoms with van der Waals surface area (Å²) in [5.41, 5.74) is 1.00. The summed E-state index contributed by atoms with van der Waals surface area (Å²) in [6.07, 6.45) is 0.746. The van der Waals surface area contributed by atoms with E-state index in [1.807, 2.05) is 32.0 Å². The minimum absolute atomic E-state index is 0.0635. The van der Waals surface area contributed by atoms with E-state index in [9.17, 15) is 8.42 Å². The highest BCUT2D eigenvalue weighted by Crippen LogP contribution is 2.29. The molecule has 118 valence electrons. The van der Waals surface area contributed by atoms with Crippen LogP contribution in [0, 0.1) is 5.92 Å². The van der Waals surface area contributed by atoms with E-state index in [1.165, 1.54) is 0 Å². The summed E-state index contributed by atoms with van der Waals surface area (Å²) in [6.45, 7) is 5.28. The van der Waals surface area contributed by atoms with Gasteiger partial charge in [-0.1, -0.05) is 11.6 Å². The van der Waals surface area contributed by atoms with E-state index in [2.05, 4.69) is 5.32 Å². The number of ether oxygens (including phenoxy) is 1. The highest BCUT2D eigenvalue weighted by molar-refractivity contribution is 7.91. The number of rotatable bonds is 6. The average molecular weight is 332 g/mol. The van der Waals surface area contributed by atoms with E-state index in [0.717, 1.165) is 17.7 Å². The highest BCUT2D eigenvalue weighted by Gasteiger charge is 2.28. The molecule has 1 fully saturated rings. The lowest BCUT2D eigenvalue weighted by molar-refractivity contribution is 0.331. The third-order valence-electron chi connectivity index (χ3n) is 3.78. The maximum atomic E-state index is 11.5. The minimum atomic E-state index is -2.82. The number of hydrogen-bond acceptors (Lipinski definition) is 4. The Morgan fingerprint density at radius 2 is 2.24 bits per heavy atom. The molecule has 6 heteroatoms. The van der Waals surface area contributed by atoms with Crippen LogP contribution >= 0.6 is 11.6 Å². The van der Waals surface area contributed by atoms with Crippen LogP contribution < -0.4 is 10.1 Å². The Labute approximate surface area is 131 Å². The molecule has 0 saturated carbocycles. The molecule has 0 aromatic heterocycles. The molecule has 2 atom stereocenters. The van der Waals surface area contributed by atoms with Crippen LogP contribution in [0.2, 0.25) is 5.02 Å². The number of hydrogen-bond donors (Lipinski definition) is 1. The summed E-state index contributed by atoms with van der Waals surface area (Å²) in [4.78, 5) is 0. The molecule has 21 heavy (non-hydrogen) atoms. The molecule has 1 heterocycles. The zero-order chi connectivity index (χ0) is 15.5. The van der Waals surface area contributed by atoms with Gasteiger partial charge >= 0.3 is 0 Å². The standard InChI is InChI=1S/C15H22ClNO3S/c1-3-20-15-5-4-13(16)8-14(15)11(2)17-9-12-6-7-21(18,19)10-12/h4-5,8,11-12,17H,3,6-7,9-10H2,1-2H3/t11-,12-/m0/s1. The van der Waals surface area contributed by atoms with Crippen LogP contribution in [0.5, 0.6) is 5.75 Å². The van der Waals surface area contributed by atoms with Crippen molar-refractivity contribution in [2.24, 2.45) is 5.92 Å². The molecular weight excluding hydrogens is 310 g/mol. The second-order valence-corrected chi connectivity index (χ2v) is 8.18. The molecule has 4 nitrogen and oxygen atoms in total. The van der Waals surface area contributed by atoms with Gasteiger partial charge in [-0.3, -0.25) is 0 Å². The lowest BCUT2D eigenvalue weighted by Gasteiger charge is -2.20. The van der Waals surface area contributed by atoms with Crippen LogP contribution in [0.1, 0.15) is 31.9 Å². The van der Waals surface area contributed by atoms with Gasteiger partial charge in [0.25, 0.3) is 0 Å². The Kier molecular flexibility index (Phi) is 5.52. The molecule has 1 aliphatic heterocycles. The van der Waals surface area contributed by atoms with Crippen molar-refractivity contribution >= 4 is 21.4 Å². The maximum Gasteiger partial charge on any atom is 0.150 e. The molecule has 0 unspecified atom stereocenters. The first-order valence-corrected chi connectivity index (χ1v) is 9.47.